The van der Waals surface area contributed by atoms with Crippen molar-refractivity contribution in [1.82, 2.24) is 25.3 Å². The lowest BCUT2D eigenvalue weighted by molar-refractivity contribution is -0.172. The Morgan fingerprint density at radius 3 is 2.31 bits per heavy atom. The molecule has 6 N–H and O–H groups in total. The van der Waals surface area contributed by atoms with Crippen molar-refractivity contribution in [2.24, 2.45) is 0 Å². The molecule has 2 aromatic rings. The fourth-order valence-corrected chi connectivity index (χ4v) is 7.46. The minimum Gasteiger partial charge on any atom is -0.504 e. The van der Waals surface area contributed by atoms with Crippen molar-refractivity contribution in [3.63, 3.8) is 0 Å². The number of carboxylic acids is 1. The number of imide groups is 1. The van der Waals surface area contributed by atoms with Gasteiger partial charge in [0, 0.05) is 24.4 Å². The van der Waals surface area contributed by atoms with Crippen LogP contribution in [0, 0.1) is 0 Å². The first-order chi connectivity index (χ1) is 21.2. The maximum atomic E-state index is 13.7. The second-order valence-corrected chi connectivity index (χ2v) is 13.2. The molecule has 238 valence electrons. The van der Waals surface area contributed by atoms with Crippen molar-refractivity contribution < 1.29 is 49.2 Å². The number of carbonyl (C=O) groups is 6. The third-order valence-corrected chi connectivity index (χ3v) is 9.79. The Balaban J connectivity index is 1.32. The Bertz CT molecular complexity index is 1590. The number of carboxylic acid groups (broad SMARTS) is 1. The minimum absolute atomic E-state index is 0.0563. The third kappa shape index (κ3) is 5.39. The smallest absolute Gasteiger partial charge is 0.327 e. The lowest BCUT2D eigenvalue weighted by Gasteiger charge is -2.52. The van der Waals surface area contributed by atoms with Gasteiger partial charge in [-0.3, -0.25) is 24.1 Å². The number of phenolic OH excluding ortho intramolecular Hbond substituents is 2. The average molecular weight is 642 g/mol. The van der Waals surface area contributed by atoms with Crippen LogP contribution in [0.3, 0.4) is 0 Å². The van der Waals surface area contributed by atoms with Gasteiger partial charge in [-0.1, -0.05) is 36.4 Å². The van der Waals surface area contributed by atoms with Gasteiger partial charge in [0.1, 0.15) is 17.5 Å². The Morgan fingerprint density at radius 2 is 1.69 bits per heavy atom. The summed E-state index contributed by atoms with van der Waals surface area (Å²) in [5.41, 5.74) is -1.15. The van der Waals surface area contributed by atoms with Crippen LogP contribution in [0.15, 0.2) is 48.5 Å². The van der Waals surface area contributed by atoms with Crippen LogP contribution in [0.2, 0.25) is 0 Å². The van der Waals surface area contributed by atoms with E-state index in [-0.39, 0.29) is 30.9 Å². The molecule has 0 bridgehead atoms. The lowest BCUT2D eigenvalue weighted by atomic mass is 9.84. The monoisotopic (exact) mass is 641 g/mol. The van der Waals surface area contributed by atoms with Crippen LogP contribution >= 0.6 is 11.8 Å². The molecule has 0 spiro atoms. The molecule has 6 amide bonds. The molecule has 0 radical (unpaired) electrons. The van der Waals surface area contributed by atoms with Crippen LogP contribution in [0.1, 0.15) is 31.0 Å². The van der Waals surface area contributed by atoms with Crippen molar-refractivity contribution >= 4 is 47.4 Å². The van der Waals surface area contributed by atoms with Crippen LogP contribution in [0.5, 0.6) is 11.5 Å². The van der Waals surface area contributed by atoms with E-state index in [9.17, 15) is 49.2 Å². The van der Waals surface area contributed by atoms with E-state index in [4.69, 9.17) is 0 Å². The Labute approximate surface area is 260 Å². The quantitative estimate of drug-likeness (QED) is 0.125. The summed E-state index contributed by atoms with van der Waals surface area (Å²) in [5.74, 6) is -5.82. The van der Waals surface area contributed by atoms with E-state index in [2.05, 4.69) is 10.6 Å². The van der Waals surface area contributed by atoms with Gasteiger partial charge >= 0.3 is 23.8 Å². The number of hydrogen-bond donors (Lipinski definition) is 6. The van der Waals surface area contributed by atoms with E-state index in [1.807, 2.05) is 0 Å². The number of hydrogen-bond acceptors (Lipinski definition) is 10. The van der Waals surface area contributed by atoms with E-state index in [0.717, 1.165) is 16.7 Å². The van der Waals surface area contributed by atoms with E-state index in [0.29, 0.717) is 10.5 Å². The predicted octanol–water partition coefficient (Wildman–Crippen LogP) is -0.286. The third-order valence-electron chi connectivity index (χ3n) is 8.10. The molecule has 3 fully saturated rings. The van der Waals surface area contributed by atoms with Crippen molar-refractivity contribution in [3.05, 3.63) is 59.7 Å². The first kappa shape index (κ1) is 31.6. The SMILES string of the molecule is CC1(C)S[C@H]2N(C(=O)[C@@]2(CO)NC(=O)C(NC(=O)N2CCN(Cc3ccc(O)c(O)c3)C(=O)C2=O)c2ccccc2)[C@H]1C(=O)O. The Morgan fingerprint density at radius 1 is 1.00 bits per heavy atom. The molecule has 4 atom stereocenters. The normalized spacial score (nSPS) is 24.5. The van der Waals surface area contributed by atoms with Gasteiger partial charge in [-0.2, -0.15) is 0 Å². The van der Waals surface area contributed by atoms with Gasteiger partial charge in [0.05, 0.1) is 6.61 Å². The average Bonchev–Trinajstić information content (AvgIpc) is 3.27. The zero-order chi connectivity index (χ0) is 32.8. The van der Waals surface area contributed by atoms with E-state index >= 15 is 0 Å². The molecule has 3 aliphatic heterocycles. The number of phenols is 2. The topological polar surface area (TPSA) is 217 Å². The fraction of sp³-hybridized carbons (Fsp3) is 0.379. The standard InChI is InChI=1S/C29H31N5O10S/c1-28(2)20(24(41)42)34-25(43)29(14-35,26(34)45-28)31-21(38)19(16-6-4-3-5-7-16)30-27(44)33-11-10-32(22(39)23(33)40)13-15-8-9-17(36)18(37)12-15/h3-9,12,19-20,26,35-37H,10-11,13-14H2,1-2H3,(H,30,44)(H,31,38)(H,41,42)/t19?,20-,26+,29+/m0/s1. The van der Waals surface area contributed by atoms with E-state index in [1.54, 1.807) is 32.0 Å². The number of aliphatic hydroxyl groups is 1. The molecular weight excluding hydrogens is 610 g/mol. The van der Waals surface area contributed by atoms with Gasteiger partial charge in [-0.25, -0.2) is 9.59 Å². The van der Waals surface area contributed by atoms with Crippen LogP contribution in [0.4, 0.5) is 4.79 Å². The lowest BCUT2D eigenvalue weighted by Crippen LogP contribution is -2.81. The first-order valence-corrected chi connectivity index (χ1v) is 14.7. The zero-order valence-electron chi connectivity index (χ0n) is 24.2. The van der Waals surface area contributed by atoms with Crippen LogP contribution in [-0.4, -0.2) is 112 Å². The largest absolute Gasteiger partial charge is 0.504 e. The number of aliphatic hydroxyl groups excluding tert-OH is 1. The molecule has 1 unspecified atom stereocenters. The molecule has 45 heavy (non-hydrogen) atoms. The van der Waals surface area contributed by atoms with Crippen molar-refractivity contribution in [2.75, 3.05) is 19.7 Å². The van der Waals surface area contributed by atoms with Gasteiger partial charge in [-0.15, -0.1) is 11.8 Å². The molecule has 0 aromatic heterocycles. The summed E-state index contributed by atoms with van der Waals surface area (Å²) < 4.78 is -0.932. The van der Waals surface area contributed by atoms with E-state index in [1.165, 1.54) is 35.2 Å². The van der Waals surface area contributed by atoms with E-state index < -0.39 is 75.7 Å². The number of urea groups is 1. The number of nitrogens with one attached hydrogen (secondary N) is 2. The first-order valence-electron chi connectivity index (χ1n) is 13.8. The number of thioether (sulfide) groups is 1. The van der Waals surface area contributed by atoms with Crippen LogP contribution in [-0.2, 0) is 30.5 Å². The molecular formula is C29H31N5O10S. The predicted molar refractivity (Wildman–Crippen MR) is 156 cm³/mol. The molecule has 3 heterocycles. The number of β-lactam (4-membered cyclic amide) rings is 1. The number of nitrogens with zero attached hydrogens (tertiary/aromatic N) is 3. The number of carbonyl (C=O) groups excluding carboxylic acids is 5. The minimum atomic E-state index is -1.86. The number of amides is 6. The highest BCUT2D eigenvalue weighted by Crippen LogP contribution is 2.54. The molecule has 15 nitrogen and oxygen atoms in total. The zero-order valence-corrected chi connectivity index (χ0v) is 25.0. The van der Waals surface area contributed by atoms with Gasteiger partial charge in [0.15, 0.2) is 17.0 Å². The maximum Gasteiger partial charge on any atom is 0.327 e. The highest BCUT2D eigenvalue weighted by atomic mass is 32.2. The van der Waals surface area contributed by atoms with Crippen molar-refractivity contribution in [1.29, 1.82) is 0 Å². The molecule has 3 aliphatic rings. The highest BCUT2D eigenvalue weighted by Gasteiger charge is 2.72. The molecule has 0 aliphatic carbocycles. The summed E-state index contributed by atoms with van der Waals surface area (Å²) in [6.45, 7) is 2.10. The molecule has 5 rings (SSSR count). The molecule has 0 saturated carbocycles. The van der Waals surface area contributed by atoms with Gasteiger partial charge in [0.25, 0.3) is 5.91 Å². The Kier molecular flexibility index (Phi) is 8.14. The maximum absolute atomic E-state index is 13.7. The highest BCUT2D eigenvalue weighted by molar-refractivity contribution is 8.01. The molecule has 2 aromatic carbocycles. The second kappa shape index (κ2) is 11.6. The number of aliphatic carboxylic acids is 1. The summed E-state index contributed by atoms with van der Waals surface area (Å²) in [6.07, 6.45) is 0. The summed E-state index contributed by atoms with van der Waals surface area (Å²) in [7, 11) is 0. The van der Waals surface area contributed by atoms with Crippen molar-refractivity contribution in [3.8, 4) is 11.5 Å². The summed E-state index contributed by atoms with van der Waals surface area (Å²) in [5, 5.41) is 43.4. The number of fused-ring (bicyclic) bond motifs is 1. The summed E-state index contributed by atoms with van der Waals surface area (Å²) in [4.78, 5) is 81.1. The van der Waals surface area contributed by atoms with Gasteiger partial charge in [-0.05, 0) is 37.1 Å². The number of rotatable bonds is 8. The summed E-state index contributed by atoms with van der Waals surface area (Å²) in [6, 6.07) is 8.14. The number of aromatic hydroxyl groups is 2. The fourth-order valence-electron chi connectivity index (χ4n) is 5.77. The molecule has 3 saturated heterocycles. The summed E-state index contributed by atoms with van der Waals surface area (Å²) >= 11 is 1.12. The second-order valence-electron chi connectivity index (χ2n) is 11.4. The Hall–Kier alpha value is -4.83. The van der Waals surface area contributed by atoms with Crippen molar-refractivity contribution in [2.45, 2.75) is 48.1 Å². The number of piperazine rings is 1. The molecule has 16 heteroatoms. The van der Waals surface area contributed by atoms with Gasteiger partial charge in [0.2, 0.25) is 5.91 Å². The number of benzene rings is 2. The van der Waals surface area contributed by atoms with Crippen LogP contribution < -0.4 is 10.6 Å². The van der Waals surface area contributed by atoms with Crippen LogP contribution in [0.25, 0.3) is 0 Å². The van der Waals surface area contributed by atoms with Gasteiger partial charge < -0.3 is 40.9 Å².